The number of sulfonamides is 1. The Labute approximate surface area is 178 Å². The van der Waals surface area contributed by atoms with Crippen LogP contribution in [-0.4, -0.2) is 88.5 Å². The van der Waals surface area contributed by atoms with E-state index in [9.17, 15) is 13.2 Å². The van der Waals surface area contributed by atoms with Crippen molar-refractivity contribution >= 4 is 21.7 Å². The quantitative estimate of drug-likeness (QED) is 0.633. The van der Waals surface area contributed by atoms with Crippen molar-refractivity contribution in [2.45, 2.75) is 31.3 Å². The van der Waals surface area contributed by atoms with E-state index in [0.717, 1.165) is 38.2 Å². The van der Waals surface area contributed by atoms with Crippen LogP contribution < -0.4 is 15.4 Å². The second-order valence-electron chi connectivity index (χ2n) is 7.75. The minimum Gasteiger partial charge on any atom is -0.497 e. The van der Waals surface area contributed by atoms with E-state index in [0.29, 0.717) is 37.9 Å². The molecule has 1 atom stereocenters. The Morgan fingerprint density at radius 2 is 1.90 bits per heavy atom. The Hall–Kier alpha value is -1.88. The van der Waals surface area contributed by atoms with Gasteiger partial charge in [-0.15, -0.1) is 0 Å². The second kappa shape index (κ2) is 10.4. The van der Waals surface area contributed by atoms with Crippen LogP contribution in [0.3, 0.4) is 0 Å². The fourth-order valence-corrected chi connectivity index (χ4v) is 4.99. The summed E-state index contributed by atoms with van der Waals surface area (Å²) in [6.45, 7) is 3.64. The first kappa shape index (κ1) is 22.8. The van der Waals surface area contributed by atoms with Crippen molar-refractivity contribution in [3.8, 4) is 5.75 Å². The summed E-state index contributed by atoms with van der Waals surface area (Å²) >= 11 is 0. The molecule has 0 saturated carbocycles. The van der Waals surface area contributed by atoms with E-state index >= 15 is 0 Å². The van der Waals surface area contributed by atoms with Crippen LogP contribution in [0.2, 0.25) is 0 Å². The number of anilines is 1. The molecule has 3 rings (SSSR count). The van der Waals surface area contributed by atoms with Crippen molar-refractivity contribution in [1.29, 1.82) is 0 Å². The number of nitrogens with one attached hydrogen (secondary N) is 2. The zero-order chi connectivity index (χ0) is 21.6. The van der Waals surface area contributed by atoms with Crippen molar-refractivity contribution in [3.63, 3.8) is 0 Å². The molecule has 2 aliphatic rings. The summed E-state index contributed by atoms with van der Waals surface area (Å²) in [6, 6.07) is 7.38. The van der Waals surface area contributed by atoms with E-state index < -0.39 is 10.0 Å². The zero-order valence-corrected chi connectivity index (χ0v) is 18.5. The van der Waals surface area contributed by atoms with Crippen LogP contribution in [0, 0.1) is 0 Å². The van der Waals surface area contributed by atoms with Crippen molar-refractivity contribution in [3.05, 3.63) is 24.3 Å². The first-order valence-electron chi connectivity index (χ1n) is 10.3. The molecule has 2 N–H and O–H groups in total. The molecule has 30 heavy (non-hydrogen) atoms. The maximum atomic E-state index is 12.2. The van der Waals surface area contributed by atoms with Gasteiger partial charge in [0.2, 0.25) is 10.0 Å². The molecular weight excluding hydrogens is 408 g/mol. The predicted molar refractivity (Wildman–Crippen MR) is 115 cm³/mol. The molecule has 1 aromatic rings. The number of carbonyl (C=O) groups is 1. The first-order valence-corrected chi connectivity index (χ1v) is 12.2. The van der Waals surface area contributed by atoms with Gasteiger partial charge < -0.3 is 20.1 Å². The third kappa shape index (κ3) is 6.31. The van der Waals surface area contributed by atoms with Gasteiger partial charge in [-0.05, 0) is 43.5 Å². The summed E-state index contributed by atoms with van der Waals surface area (Å²) in [4.78, 5) is 14.6. The lowest BCUT2D eigenvalue weighted by Crippen LogP contribution is -2.50. The van der Waals surface area contributed by atoms with Crippen molar-refractivity contribution in [2.24, 2.45) is 0 Å². The van der Waals surface area contributed by atoms with E-state index in [1.165, 1.54) is 6.26 Å². The van der Waals surface area contributed by atoms with E-state index in [1.54, 1.807) is 35.7 Å². The Morgan fingerprint density at radius 1 is 1.20 bits per heavy atom. The van der Waals surface area contributed by atoms with Gasteiger partial charge in [-0.3, -0.25) is 4.90 Å². The summed E-state index contributed by atoms with van der Waals surface area (Å²) in [5, 5.41) is 5.72. The van der Waals surface area contributed by atoms with E-state index in [2.05, 4.69) is 15.5 Å². The van der Waals surface area contributed by atoms with Crippen molar-refractivity contribution < 1.29 is 22.7 Å². The molecule has 0 aromatic heterocycles. The summed E-state index contributed by atoms with van der Waals surface area (Å²) in [5.41, 5.74) is 0.689. The second-order valence-corrected chi connectivity index (χ2v) is 9.74. The molecule has 9 nitrogen and oxygen atoms in total. The van der Waals surface area contributed by atoms with E-state index in [4.69, 9.17) is 9.47 Å². The lowest BCUT2D eigenvalue weighted by molar-refractivity contribution is 0.0197. The number of urea groups is 1. The zero-order valence-electron chi connectivity index (χ0n) is 17.7. The molecule has 2 fully saturated rings. The summed E-state index contributed by atoms with van der Waals surface area (Å²) in [5.74, 6) is 0.729. The Balaban J connectivity index is 1.53. The monoisotopic (exact) mass is 440 g/mol. The molecule has 168 valence electrons. The molecule has 0 radical (unpaired) electrons. The molecular formula is C20H32N4O5S. The fourth-order valence-electron chi connectivity index (χ4n) is 4.11. The molecule has 0 bridgehead atoms. The third-order valence-electron chi connectivity index (χ3n) is 5.73. The Morgan fingerprint density at radius 3 is 2.50 bits per heavy atom. The average Bonchev–Trinajstić information content (AvgIpc) is 3.23. The molecule has 0 aliphatic carbocycles. The van der Waals surface area contributed by atoms with Crippen molar-refractivity contribution in [1.82, 2.24) is 14.5 Å². The number of ether oxygens (including phenoxy) is 2. The normalized spacial score (nSPS) is 21.0. The van der Waals surface area contributed by atoms with E-state index in [-0.39, 0.29) is 12.1 Å². The van der Waals surface area contributed by atoms with Gasteiger partial charge in [-0.1, -0.05) is 0 Å². The van der Waals surface area contributed by atoms with Gasteiger partial charge in [0.25, 0.3) is 0 Å². The highest BCUT2D eigenvalue weighted by Crippen LogP contribution is 2.24. The van der Waals surface area contributed by atoms with Gasteiger partial charge in [0.15, 0.2) is 0 Å². The number of nitrogens with zero attached hydrogens (tertiary/aromatic N) is 2. The Kier molecular flexibility index (Phi) is 7.93. The van der Waals surface area contributed by atoms with Gasteiger partial charge in [0, 0.05) is 57.2 Å². The van der Waals surface area contributed by atoms with Crippen LogP contribution in [0.5, 0.6) is 5.75 Å². The van der Waals surface area contributed by atoms with Gasteiger partial charge >= 0.3 is 6.03 Å². The lowest BCUT2D eigenvalue weighted by atomic mass is 10.0. The molecule has 2 amide bonds. The molecule has 0 spiro atoms. The number of rotatable bonds is 8. The topological polar surface area (TPSA) is 100 Å². The van der Waals surface area contributed by atoms with E-state index in [1.807, 2.05) is 0 Å². The van der Waals surface area contributed by atoms with Crippen LogP contribution in [0.1, 0.15) is 19.3 Å². The highest BCUT2D eigenvalue weighted by molar-refractivity contribution is 7.88. The smallest absolute Gasteiger partial charge is 0.319 e. The molecule has 1 unspecified atom stereocenters. The minimum absolute atomic E-state index is 0.161. The first-order chi connectivity index (χ1) is 14.4. The van der Waals surface area contributed by atoms with Crippen molar-refractivity contribution in [2.75, 3.05) is 58.1 Å². The molecule has 1 aromatic carbocycles. The SMILES string of the molecule is COc1ccc(NC(=O)NCCN(C2CCOCC2)C2CCN(S(C)(=O)=O)C2)cc1. The lowest BCUT2D eigenvalue weighted by Gasteiger charge is -2.38. The van der Waals surface area contributed by atoms with Gasteiger partial charge in [0.05, 0.1) is 13.4 Å². The standard InChI is InChI=1S/C20H32N4O5S/c1-28-19-5-3-16(4-6-19)22-20(25)21-10-12-24(17-8-13-29-14-9-17)18-7-11-23(15-18)30(2,26)27/h3-6,17-18H,7-15H2,1-2H3,(H2,21,22,25). The number of carbonyl (C=O) groups excluding carboxylic acids is 1. The number of hydrogen-bond acceptors (Lipinski definition) is 6. The Bertz CT molecular complexity index is 796. The largest absolute Gasteiger partial charge is 0.497 e. The number of benzene rings is 1. The maximum absolute atomic E-state index is 12.2. The van der Waals surface area contributed by atoms with Gasteiger partial charge in [-0.25, -0.2) is 17.5 Å². The summed E-state index contributed by atoms with van der Waals surface area (Å²) < 4.78 is 36.0. The maximum Gasteiger partial charge on any atom is 0.319 e. The third-order valence-corrected chi connectivity index (χ3v) is 7.00. The van der Waals surface area contributed by atoms with Crippen LogP contribution in [0.25, 0.3) is 0 Å². The predicted octanol–water partition coefficient (Wildman–Crippen LogP) is 1.33. The average molecular weight is 441 g/mol. The highest BCUT2D eigenvalue weighted by Gasteiger charge is 2.35. The van der Waals surface area contributed by atoms with Crippen LogP contribution >= 0.6 is 0 Å². The van der Waals surface area contributed by atoms with Gasteiger partial charge in [0.1, 0.15) is 5.75 Å². The van der Waals surface area contributed by atoms with Crippen LogP contribution in [0.4, 0.5) is 10.5 Å². The number of hydrogen-bond donors (Lipinski definition) is 2. The fraction of sp³-hybridized carbons (Fsp3) is 0.650. The summed E-state index contributed by atoms with van der Waals surface area (Å²) in [7, 11) is -1.58. The number of methoxy groups -OCH3 is 1. The number of amides is 2. The molecule has 2 heterocycles. The highest BCUT2D eigenvalue weighted by atomic mass is 32.2. The summed E-state index contributed by atoms with van der Waals surface area (Å²) in [6.07, 6.45) is 3.92. The minimum atomic E-state index is -3.18. The van der Waals surface area contributed by atoms with Crippen LogP contribution in [0.15, 0.2) is 24.3 Å². The van der Waals surface area contributed by atoms with Crippen LogP contribution in [-0.2, 0) is 14.8 Å². The molecule has 2 aliphatic heterocycles. The molecule has 10 heteroatoms. The molecule has 2 saturated heterocycles. The van der Waals surface area contributed by atoms with Gasteiger partial charge in [-0.2, -0.15) is 0 Å².